The van der Waals surface area contributed by atoms with Crippen molar-refractivity contribution in [1.29, 1.82) is 0 Å². The van der Waals surface area contributed by atoms with Crippen molar-refractivity contribution in [3.05, 3.63) is 56.6 Å². The third-order valence-electron chi connectivity index (χ3n) is 2.95. The molecule has 1 aromatic carbocycles. The Morgan fingerprint density at radius 1 is 1.35 bits per heavy atom. The molecule has 20 heavy (non-hydrogen) atoms. The van der Waals surface area contributed by atoms with Crippen LogP contribution in [0.3, 0.4) is 0 Å². The predicted molar refractivity (Wildman–Crippen MR) is 82.5 cm³/mol. The summed E-state index contributed by atoms with van der Waals surface area (Å²) in [5.74, 6) is -0.390. The zero-order chi connectivity index (χ0) is 14.1. The predicted octanol–water partition coefficient (Wildman–Crippen LogP) is 3.88. The topological polar surface area (TPSA) is 48.0 Å². The first kappa shape index (κ1) is 13.3. The van der Waals surface area contributed by atoms with Crippen molar-refractivity contribution in [3.8, 4) is 16.4 Å². The van der Waals surface area contributed by atoms with E-state index in [2.05, 4.69) is 20.9 Å². The van der Waals surface area contributed by atoms with Gasteiger partial charge < -0.3 is 4.42 Å². The van der Waals surface area contributed by atoms with Gasteiger partial charge in [0.05, 0.1) is 11.4 Å². The standard InChI is InChI=1S/C14H11BrN2O2S/c1-2-11-7-19-14(18)17(11)13-16-12(8-20-13)9-3-5-10(15)6-4-9/h3-8H,2H2,1H3. The molecule has 0 aliphatic rings. The fourth-order valence-electron chi connectivity index (χ4n) is 1.90. The molecule has 0 bridgehead atoms. The normalized spacial score (nSPS) is 10.9. The molecule has 0 saturated heterocycles. The van der Waals surface area contributed by atoms with Crippen molar-refractivity contribution in [3.63, 3.8) is 0 Å². The average molecular weight is 351 g/mol. The SMILES string of the molecule is CCc1coc(=O)n1-c1nc(-c2ccc(Br)cc2)cs1. The highest BCUT2D eigenvalue weighted by molar-refractivity contribution is 9.10. The number of rotatable bonds is 3. The molecule has 0 aliphatic heterocycles. The van der Waals surface area contributed by atoms with Crippen LogP contribution in [0.1, 0.15) is 12.6 Å². The van der Waals surface area contributed by atoms with Crippen LogP contribution in [0.4, 0.5) is 0 Å². The van der Waals surface area contributed by atoms with Crippen molar-refractivity contribution < 1.29 is 4.42 Å². The van der Waals surface area contributed by atoms with Gasteiger partial charge in [-0.1, -0.05) is 35.0 Å². The molecule has 0 amide bonds. The first-order valence-electron chi connectivity index (χ1n) is 6.10. The highest BCUT2D eigenvalue weighted by atomic mass is 79.9. The van der Waals surface area contributed by atoms with E-state index in [1.807, 2.05) is 36.6 Å². The number of halogens is 1. The number of nitrogens with zero attached hydrogens (tertiary/aromatic N) is 2. The van der Waals surface area contributed by atoms with Crippen LogP contribution in [0.25, 0.3) is 16.4 Å². The molecule has 4 nitrogen and oxygen atoms in total. The van der Waals surface area contributed by atoms with Crippen molar-refractivity contribution in [1.82, 2.24) is 9.55 Å². The smallest absolute Gasteiger partial charge is 0.416 e. The minimum atomic E-state index is -0.390. The van der Waals surface area contributed by atoms with Gasteiger partial charge in [0.2, 0.25) is 0 Å². The fourth-order valence-corrected chi connectivity index (χ4v) is 3.02. The molecule has 3 aromatic rings. The second-order valence-corrected chi connectivity index (χ2v) is 5.96. The zero-order valence-electron chi connectivity index (χ0n) is 10.7. The molecule has 0 unspecified atom stereocenters. The summed E-state index contributed by atoms with van der Waals surface area (Å²) < 4.78 is 7.48. The minimum absolute atomic E-state index is 0.390. The van der Waals surface area contributed by atoms with Gasteiger partial charge >= 0.3 is 5.76 Å². The lowest BCUT2D eigenvalue weighted by Gasteiger charge is -1.99. The van der Waals surface area contributed by atoms with E-state index in [9.17, 15) is 4.79 Å². The molecule has 0 radical (unpaired) electrons. The van der Waals surface area contributed by atoms with Gasteiger partial charge in [-0.15, -0.1) is 11.3 Å². The van der Waals surface area contributed by atoms with Crippen LogP contribution in [0.15, 0.2) is 49.6 Å². The Kier molecular flexibility index (Phi) is 3.58. The van der Waals surface area contributed by atoms with E-state index in [1.165, 1.54) is 22.2 Å². The van der Waals surface area contributed by atoms with Gasteiger partial charge in [-0.25, -0.2) is 14.3 Å². The summed E-state index contributed by atoms with van der Waals surface area (Å²) >= 11 is 4.84. The Balaban J connectivity index is 2.04. The van der Waals surface area contributed by atoms with E-state index in [-0.39, 0.29) is 0 Å². The summed E-state index contributed by atoms with van der Waals surface area (Å²) in [7, 11) is 0. The molecule has 102 valence electrons. The van der Waals surface area contributed by atoms with Crippen LogP contribution in [0, 0.1) is 0 Å². The molecule has 0 saturated carbocycles. The number of oxazole rings is 1. The van der Waals surface area contributed by atoms with E-state index in [1.54, 1.807) is 0 Å². The third kappa shape index (κ3) is 2.36. The molecule has 0 fully saturated rings. The Morgan fingerprint density at radius 3 is 2.80 bits per heavy atom. The summed E-state index contributed by atoms with van der Waals surface area (Å²) in [6, 6.07) is 7.91. The van der Waals surface area contributed by atoms with Gasteiger partial charge in [0, 0.05) is 15.4 Å². The lowest BCUT2D eigenvalue weighted by atomic mass is 10.2. The monoisotopic (exact) mass is 350 g/mol. The number of thiazole rings is 1. The minimum Gasteiger partial charge on any atom is -0.416 e. The lowest BCUT2D eigenvalue weighted by Crippen LogP contribution is -2.14. The first-order chi connectivity index (χ1) is 9.69. The Bertz CT molecular complexity index is 786. The van der Waals surface area contributed by atoms with Gasteiger partial charge in [-0.2, -0.15) is 0 Å². The highest BCUT2D eigenvalue weighted by Gasteiger charge is 2.13. The third-order valence-corrected chi connectivity index (χ3v) is 4.31. The lowest BCUT2D eigenvalue weighted by molar-refractivity contribution is 0.504. The van der Waals surface area contributed by atoms with Crippen LogP contribution in [0.5, 0.6) is 0 Å². The summed E-state index contributed by atoms with van der Waals surface area (Å²) in [6.45, 7) is 1.98. The first-order valence-corrected chi connectivity index (χ1v) is 7.77. The summed E-state index contributed by atoms with van der Waals surface area (Å²) in [5.41, 5.74) is 2.70. The number of aromatic nitrogens is 2. The Labute approximate surface area is 127 Å². The maximum Gasteiger partial charge on any atom is 0.425 e. The van der Waals surface area contributed by atoms with E-state index in [0.717, 1.165) is 27.8 Å². The number of benzene rings is 1. The van der Waals surface area contributed by atoms with E-state index >= 15 is 0 Å². The van der Waals surface area contributed by atoms with Crippen molar-refractivity contribution in [2.45, 2.75) is 13.3 Å². The molecule has 0 atom stereocenters. The van der Waals surface area contributed by atoms with Gasteiger partial charge in [-0.3, -0.25) is 0 Å². The molecule has 2 heterocycles. The molecular weight excluding hydrogens is 340 g/mol. The van der Waals surface area contributed by atoms with Crippen LogP contribution in [-0.4, -0.2) is 9.55 Å². The zero-order valence-corrected chi connectivity index (χ0v) is 13.1. The maximum absolute atomic E-state index is 11.7. The highest BCUT2D eigenvalue weighted by Crippen LogP contribution is 2.25. The van der Waals surface area contributed by atoms with Gasteiger partial charge in [0.1, 0.15) is 6.26 Å². The average Bonchev–Trinajstić information content (AvgIpc) is 3.05. The van der Waals surface area contributed by atoms with Crippen molar-refractivity contribution in [2.75, 3.05) is 0 Å². The maximum atomic E-state index is 11.7. The Hall–Kier alpha value is -1.66. The van der Waals surface area contributed by atoms with E-state index in [0.29, 0.717) is 5.13 Å². The van der Waals surface area contributed by atoms with Gasteiger partial charge in [0.15, 0.2) is 5.13 Å². The molecule has 2 aromatic heterocycles. The van der Waals surface area contributed by atoms with Crippen molar-refractivity contribution >= 4 is 27.3 Å². The number of aryl methyl sites for hydroxylation is 1. The van der Waals surface area contributed by atoms with Crippen molar-refractivity contribution in [2.24, 2.45) is 0 Å². The second kappa shape index (κ2) is 5.38. The number of hydrogen-bond acceptors (Lipinski definition) is 4. The molecule has 0 aliphatic carbocycles. The van der Waals surface area contributed by atoms with Gasteiger partial charge in [0.25, 0.3) is 0 Å². The van der Waals surface area contributed by atoms with Crippen LogP contribution in [-0.2, 0) is 6.42 Å². The molecule has 3 rings (SSSR count). The van der Waals surface area contributed by atoms with Crippen LogP contribution < -0.4 is 5.76 Å². The van der Waals surface area contributed by atoms with Gasteiger partial charge in [-0.05, 0) is 18.6 Å². The molecule has 0 spiro atoms. The second-order valence-electron chi connectivity index (χ2n) is 4.20. The molecular formula is C14H11BrN2O2S. The molecule has 0 N–H and O–H groups in total. The van der Waals surface area contributed by atoms with E-state index < -0.39 is 5.76 Å². The van der Waals surface area contributed by atoms with Crippen LogP contribution >= 0.6 is 27.3 Å². The quantitative estimate of drug-likeness (QED) is 0.720. The summed E-state index contributed by atoms with van der Waals surface area (Å²) in [5, 5.41) is 2.58. The number of hydrogen-bond donors (Lipinski definition) is 0. The molecule has 6 heteroatoms. The summed E-state index contributed by atoms with van der Waals surface area (Å²) in [4.78, 5) is 16.3. The Morgan fingerprint density at radius 2 is 2.10 bits per heavy atom. The fraction of sp³-hybridized carbons (Fsp3) is 0.143. The largest absolute Gasteiger partial charge is 0.425 e. The van der Waals surface area contributed by atoms with Crippen LogP contribution in [0.2, 0.25) is 0 Å². The summed E-state index contributed by atoms with van der Waals surface area (Å²) in [6.07, 6.45) is 2.21. The van der Waals surface area contributed by atoms with E-state index in [4.69, 9.17) is 4.42 Å².